The predicted octanol–water partition coefficient (Wildman–Crippen LogP) is 4.44. The van der Waals surface area contributed by atoms with Gasteiger partial charge in [-0.15, -0.1) is 0 Å². The first-order chi connectivity index (χ1) is 16.7. The quantitative estimate of drug-likeness (QED) is 0.368. The molecule has 0 spiro atoms. The molecule has 1 aliphatic rings. The van der Waals surface area contributed by atoms with Crippen molar-refractivity contribution in [3.63, 3.8) is 0 Å². The van der Waals surface area contributed by atoms with Crippen molar-refractivity contribution < 1.29 is 4.79 Å². The molecule has 0 aliphatic carbocycles. The van der Waals surface area contributed by atoms with Gasteiger partial charge in [0.15, 0.2) is 0 Å². The molecule has 0 saturated carbocycles. The summed E-state index contributed by atoms with van der Waals surface area (Å²) in [4.78, 5) is 26.6. The molecular weight excluding hydrogens is 426 g/mol. The number of amides is 1. The highest BCUT2D eigenvalue weighted by molar-refractivity contribution is 5.95. The van der Waals surface area contributed by atoms with Crippen molar-refractivity contribution in [1.82, 2.24) is 30.0 Å². The lowest BCUT2D eigenvalue weighted by Gasteiger charge is -2.26. The van der Waals surface area contributed by atoms with Crippen LogP contribution >= 0.6 is 0 Å². The van der Waals surface area contributed by atoms with Crippen LogP contribution < -0.4 is 5.32 Å². The fraction of sp³-hybridized carbons (Fsp3) is 0.154. The number of carbonyl (C=O) groups excluding carboxylic acids is 1. The second-order valence-corrected chi connectivity index (χ2v) is 8.45. The zero-order valence-electron chi connectivity index (χ0n) is 18.5. The standard InChI is InChI=1S/C26H23N7O/c34-25(13-17-3-8-27-9-4-17)33-11-6-18(7-12-33)24-15-21-23(5-10-28-26(21)31-24)30-20-1-2-22-19(14-20)16-29-32-22/h1-6,8-10,14-16H,7,11-13H2,(H,29,32)(H2,28,30,31). The molecule has 6 rings (SSSR count). The summed E-state index contributed by atoms with van der Waals surface area (Å²) in [6.07, 6.45) is 10.4. The number of anilines is 2. The number of hydrogen-bond donors (Lipinski definition) is 3. The number of H-pyrrole nitrogens is 2. The van der Waals surface area contributed by atoms with Crippen LogP contribution in [-0.4, -0.2) is 49.0 Å². The van der Waals surface area contributed by atoms with E-state index in [4.69, 9.17) is 0 Å². The number of nitrogens with zero attached hydrogens (tertiary/aromatic N) is 4. The van der Waals surface area contributed by atoms with E-state index in [1.165, 1.54) is 5.57 Å². The molecule has 0 fully saturated rings. The largest absolute Gasteiger partial charge is 0.355 e. The first-order valence-electron chi connectivity index (χ1n) is 11.3. The molecule has 3 N–H and O–H groups in total. The third-order valence-electron chi connectivity index (χ3n) is 6.26. The summed E-state index contributed by atoms with van der Waals surface area (Å²) in [6, 6.07) is 14.0. The van der Waals surface area contributed by atoms with Crippen LogP contribution in [0.4, 0.5) is 11.4 Å². The molecule has 4 aromatic heterocycles. The van der Waals surface area contributed by atoms with E-state index in [1.807, 2.05) is 41.4 Å². The highest BCUT2D eigenvalue weighted by Gasteiger charge is 2.19. The Kier molecular flexibility index (Phi) is 5.03. The minimum Gasteiger partial charge on any atom is -0.355 e. The summed E-state index contributed by atoms with van der Waals surface area (Å²) in [7, 11) is 0. The molecule has 168 valence electrons. The van der Waals surface area contributed by atoms with Crippen molar-refractivity contribution in [3.05, 3.63) is 84.6 Å². The first-order valence-corrected chi connectivity index (χ1v) is 11.3. The molecule has 1 aromatic carbocycles. The van der Waals surface area contributed by atoms with E-state index in [2.05, 4.69) is 48.7 Å². The normalized spacial score (nSPS) is 13.9. The Hall–Kier alpha value is -4.46. The zero-order chi connectivity index (χ0) is 22.9. The van der Waals surface area contributed by atoms with Crippen molar-refractivity contribution in [1.29, 1.82) is 0 Å². The highest BCUT2D eigenvalue weighted by atomic mass is 16.2. The van der Waals surface area contributed by atoms with Gasteiger partial charge >= 0.3 is 0 Å². The van der Waals surface area contributed by atoms with Gasteiger partial charge in [-0.25, -0.2) is 4.98 Å². The van der Waals surface area contributed by atoms with E-state index in [9.17, 15) is 4.79 Å². The zero-order valence-corrected chi connectivity index (χ0v) is 18.5. The number of benzene rings is 1. The SMILES string of the molecule is O=C(Cc1ccncc1)N1CC=C(c2cc3c(Nc4ccc5[nH]ncc5c4)ccnc3[nH]2)CC1. The molecule has 0 atom stereocenters. The molecule has 5 heterocycles. The smallest absolute Gasteiger partial charge is 0.227 e. The molecule has 8 nitrogen and oxygen atoms in total. The molecule has 0 radical (unpaired) electrons. The van der Waals surface area contributed by atoms with E-state index < -0.39 is 0 Å². The van der Waals surface area contributed by atoms with Crippen LogP contribution in [0.25, 0.3) is 27.5 Å². The number of fused-ring (bicyclic) bond motifs is 2. The topological polar surface area (TPSA) is 103 Å². The lowest BCUT2D eigenvalue weighted by atomic mass is 10.0. The molecule has 1 aliphatic heterocycles. The van der Waals surface area contributed by atoms with Crippen LogP contribution in [0.15, 0.2) is 73.3 Å². The average Bonchev–Trinajstić information content (AvgIpc) is 3.52. The second-order valence-electron chi connectivity index (χ2n) is 8.45. The minimum absolute atomic E-state index is 0.140. The molecule has 8 heteroatoms. The van der Waals surface area contributed by atoms with Crippen LogP contribution in [0.3, 0.4) is 0 Å². The van der Waals surface area contributed by atoms with Crippen LogP contribution in [0.1, 0.15) is 17.7 Å². The maximum absolute atomic E-state index is 12.7. The van der Waals surface area contributed by atoms with E-state index in [0.717, 1.165) is 51.0 Å². The Morgan fingerprint density at radius 1 is 1.09 bits per heavy atom. The minimum atomic E-state index is 0.140. The van der Waals surface area contributed by atoms with Gasteiger partial charge < -0.3 is 15.2 Å². The number of hydrogen-bond acceptors (Lipinski definition) is 5. The molecule has 5 aromatic rings. The molecule has 1 amide bonds. The molecule has 0 saturated heterocycles. The summed E-state index contributed by atoms with van der Waals surface area (Å²) < 4.78 is 0. The maximum atomic E-state index is 12.7. The fourth-order valence-electron chi connectivity index (χ4n) is 4.41. The Balaban J connectivity index is 1.20. The van der Waals surface area contributed by atoms with Crippen molar-refractivity contribution in [3.8, 4) is 0 Å². The van der Waals surface area contributed by atoms with Crippen molar-refractivity contribution in [2.75, 3.05) is 18.4 Å². The lowest BCUT2D eigenvalue weighted by molar-refractivity contribution is -0.130. The third-order valence-corrected chi connectivity index (χ3v) is 6.26. The Morgan fingerprint density at radius 2 is 2.00 bits per heavy atom. The highest BCUT2D eigenvalue weighted by Crippen LogP contribution is 2.31. The Bertz CT molecular complexity index is 1520. The van der Waals surface area contributed by atoms with Crippen molar-refractivity contribution >= 4 is 44.8 Å². The average molecular weight is 450 g/mol. The summed E-state index contributed by atoms with van der Waals surface area (Å²) >= 11 is 0. The van der Waals surface area contributed by atoms with Gasteiger partial charge in [0.05, 0.1) is 23.8 Å². The van der Waals surface area contributed by atoms with Crippen molar-refractivity contribution in [2.45, 2.75) is 12.8 Å². The summed E-state index contributed by atoms with van der Waals surface area (Å²) in [5, 5.41) is 12.7. The third kappa shape index (κ3) is 3.90. The summed E-state index contributed by atoms with van der Waals surface area (Å²) in [5.41, 5.74) is 7.06. The number of pyridine rings is 2. The van der Waals surface area contributed by atoms with E-state index in [-0.39, 0.29) is 5.91 Å². The number of aromatic amines is 2. The van der Waals surface area contributed by atoms with Gasteiger partial charge in [0.25, 0.3) is 0 Å². The maximum Gasteiger partial charge on any atom is 0.227 e. The van der Waals surface area contributed by atoms with E-state index >= 15 is 0 Å². The van der Waals surface area contributed by atoms with Gasteiger partial charge in [-0.2, -0.15) is 5.10 Å². The number of rotatable bonds is 5. The van der Waals surface area contributed by atoms with Crippen LogP contribution in [-0.2, 0) is 11.2 Å². The second kappa shape index (κ2) is 8.47. The summed E-state index contributed by atoms with van der Waals surface area (Å²) in [6.45, 7) is 1.31. The van der Waals surface area contributed by atoms with E-state index in [0.29, 0.717) is 19.5 Å². The monoisotopic (exact) mass is 449 g/mol. The van der Waals surface area contributed by atoms with Crippen LogP contribution in [0.5, 0.6) is 0 Å². The summed E-state index contributed by atoms with van der Waals surface area (Å²) in [5.74, 6) is 0.140. The van der Waals surface area contributed by atoms with Gasteiger partial charge in [-0.05, 0) is 60.0 Å². The van der Waals surface area contributed by atoms with Gasteiger partial charge in [-0.1, -0.05) is 6.08 Å². The number of nitrogens with one attached hydrogen (secondary N) is 3. The van der Waals surface area contributed by atoms with Crippen molar-refractivity contribution in [2.24, 2.45) is 0 Å². The Labute approximate surface area is 195 Å². The van der Waals surface area contributed by atoms with Gasteiger partial charge in [0, 0.05) is 53.8 Å². The van der Waals surface area contributed by atoms with Gasteiger partial charge in [0.1, 0.15) is 5.65 Å². The van der Waals surface area contributed by atoms with Crippen LogP contribution in [0, 0.1) is 0 Å². The Morgan fingerprint density at radius 3 is 2.85 bits per heavy atom. The van der Waals surface area contributed by atoms with E-state index in [1.54, 1.807) is 18.6 Å². The first kappa shape index (κ1) is 20.2. The van der Waals surface area contributed by atoms with Crippen LogP contribution in [0.2, 0.25) is 0 Å². The molecular formula is C26H23N7O. The predicted molar refractivity (Wildman–Crippen MR) is 133 cm³/mol. The molecule has 0 unspecified atom stereocenters. The van der Waals surface area contributed by atoms with Gasteiger partial charge in [0.2, 0.25) is 5.91 Å². The molecule has 0 bridgehead atoms. The number of carbonyl (C=O) groups is 1. The lowest BCUT2D eigenvalue weighted by Crippen LogP contribution is -2.35. The number of aromatic nitrogens is 5. The fourth-order valence-corrected chi connectivity index (χ4v) is 4.41. The van der Waals surface area contributed by atoms with Gasteiger partial charge in [-0.3, -0.25) is 14.9 Å². The molecule has 34 heavy (non-hydrogen) atoms.